The van der Waals surface area contributed by atoms with Crippen LogP contribution >= 0.6 is 0 Å². The molecule has 0 atom stereocenters. The fourth-order valence-corrected chi connectivity index (χ4v) is 3.41. The molecule has 0 aromatic carbocycles. The standard InChI is InChI=1S/2C10H22.CH4/c2*1-8(2)6-10(5)7-9(3)4;/h2*8-10H,6-7H2,1-5H3;1H4. The molecule has 0 nitrogen and oxygen atoms in total. The lowest BCUT2D eigenvalue weighted by molar-refractivity contribution is 0.368. The monoisotopic (exact) mass is 300 g/mol. The molecule has 0 bridgehead atoms. The zero-order valence-corrected chi connectivity index (χ0v) is 16.3. The van der Waals surface area contributed by atoms with E-state index < -0.39 is 0 Å². The summed E-state index contributed by atoms with van der Waals surface area (Å²) in [6.45, 7) is 23.1. The molecule has 0 saturated heterocycles. The van der Waals surface area contributed by atoms with Gasteiger partial charge in [0, 0.05) is 0 Å². The predicted octanol–water partition coefficient (Wildman–Crippen LogP) is 8.07. The highest BCUT2D eigenvalue weighted by Gasteiger charge is 2.07. The van der Waals surface area contributed by atoms with Crippen molar-refractivity contribution >= 4 is 0 Å². The molecule has 0 spiro atoms. The zero-order chi connectivity index (χ0) is 16.3. The van der Waals surface area contributed by atoms with Crippen LogP contribution in [0.2, 0.25) is 0 Å². The topological polar surface area (TPSA) is 0 Å². The minimum absolute atomic E-state index is 0. The van der Waals surface area contributed by atoms with Crippen LogP contribution in [0.4, 0.5) is 0 Å². The summed E-state index contributed by atoms with van der Waals surface area (Å²) in [4.78, 5) is 0. The van der Waals surface area contributed by atoms with Crippen LogP contribution in [0.15, 0.2) is 0 Å². The summed E-state index contributed by atoms with van der Waals surface area (Å²) in [6, 6.07) is 0. The highest BCUT2D eigenvalue weighted by molar-refractivity contribution is 4.58. The van der Waals surface area contributed by atoms with Gasteiger partial charge in [-0.15, -0.1) is 0 Å². The smallest absolute Gasteiger partial charge is 0.0438 e. The van der Waals surface area contributed by atoms with Crippen molar-refractivity contribution in [3.05, 3.63) is 0 Å². The molecule has 21 heavy (non-hydrogen) atoms. The van der Waals surface area contributed by atoms with E-state index in [1.165, 1.54) is 25.7 Å². The molecule has 132 valence electrons. The van der Waals surface area contributed by atoms with E-state index in [9.17, 15) is 0 Å². The van der Waals surface area contributed by atoms with Gasteiger partial charge < -0.3 is 0 Å². The van der Waals surface area contributed by atoms with Crippen molar-refractivity contribution in [1.29, 1.82) is 0 Å². The first-order valence-corrected chi connectivity index (χ1v) is 9.04. The zero-order valence-electron chi connectivity index (χ0n) is 16.3. The van der Waals surface area contributed by atoms with Crippen LogP contribution in [0.1, 0.15) is 102 Å². The van der Waals surface area contributed by atoms with Gasteiger partial charge in [-0.3, -0.25) is 0 Å². The molecule has 0 aromatic rings. The highest BCUT2D eigenvalue weighted by atomic mass is 14.1. The largest absolute Gasteiger partial charge is 0.0776 e. The molecular weight excluding hydrogens is 252 g/mol. The lowest BCUT2D eigenvalue weighted by atomic mass is 9.91. The normalized spacial score (nSPS) is 11.4. The Kier molecular flexibility index (Phi) is 18.4. The second-order valence-electron chi connectivity index (χ2n) is 8.73. The molecule has 0 N–H and O–H groups in total. The molecule has 0 saturated carbocycles. The molecule has 0 heteroatoms. The Labute approximate surface area is 138 Å². The molecule has 0 aliphatic heterocycles. The lowest BCUT2D eigenvalue weighted by Gasteiger charge is -2.15. The SMILES string of the molecule is C.CC(C)CC(C)CC(C)C.CC(C)CC(C)CC(C)C. The van der Waals surface area contributed by atoms with E-state index in [1.54, 1.807) is 0 Å². The maximum absolute atomic E-state index is 2.36. The van der Waals surface area contributed by atoms with E-state index >= 15 is 0 Å². The van der Waals surface area contributed by atoms with Crippen LogP contribution in [0.25, 0.3) is 0 Å². The van der Waals surface area contributed by atoms with Crippen LogP contribution in [-0.2, 0) is 0 Å². The van der Waals surface area contributed by atoms with E-state index in [1.807, 2.05) is 0 Å². The summed E-state index contributed by atoms with van der Waals surface area (Å²) in [5.41, 5.74) is 0. The summed E-state index contributed by atoms with van der Waals surface area (Å²) in [5.74, 6) is 5.31. The van der Waals surface area contributed by atoms with E-state index in [0.717, 1.165) is 35.5 Å². The summed E-state index contributed by atoms with van der Waals surface area (Å²) in [7, 11) is 0. The van der Waals surface area contributed by atoms with E-state index in [-0.39, 0.29) is 7.43 Å². The van der Waals surface area contributed by atoms with Crippen LogP contribution in [-0.4, -0.2) is 0 Å². The quantitative estimate of drug-likeness (QED) is 0.425. The first-order valence-electron chi connectivity index (χ1n) is 9.04. The van der Waals surface area contributed by atoms with Crippen molar-refractivity contribution in [1.82, 2.24) is 0 Å². The summed E-state index contributed by atoms with van der Waals surface area (Å²) in [5, 5.41) is 0. The van der Waals surface area contributed by atoms with E-state index in [0.29, 0.717) is 0 Å². The van der Waals surface area contributed by atoms with E-state index in [4.69, 9.17) is 0 Å². The summed E-state index contributed by atoms with van der Waals surface area (Å²) in [6.07, 6.45) is 5.55. The molecule has 0 aromatic heterocycles. The van der Waals surface area contributed by atoms with Crippen molar-refractivity contribution in [2.45, 2.75) is 102 Å². The van der Waals surface area contributed by atoms with Crippen LogP contribution in [0, 0.1) is 35.5 Å². The summed E-state index contributed by atoms with van der Waals surface area (Å²) >= 11 is 0. The maximum Gasteiger partial charge on any atom is -0.0438 e. The van der Waals surface area contributed by atoms with Gasteiger partial charge in [0.15, 0.2) is 0 Å². The van der Waals surface area contributed by atoms with Gasteiger partial charge in [-0.1, -0.05) is 76.7 Å². The molecular formula is C21H48. The molecule has 0 rings (SSSR count). The Morgan fingerprint density at radius 1 is 0.381 bits per heavy atom. The second-order valence-corrected chi connectivity index (χ2v) is 8.73. The number of hydrogen-bond acceptors (Lipinski definition) is 0. The minimum atomic E-state index is 0. The van der Waals surface area contributed by atoms with E-state index in [2.05, 4.69) is 69.2 Å². The molecule has 0 fully saturated rings. The first kappa shape index (κ1) is 25.9. The first-order chi connectivity index (χ1) is 9.04. The Morgan fingerprint density at radius 2 is 0.524 bits per heavy atom. The van der Waals surface area contributed by atoms with Crippen LogP contribution < -0.4 is 0 Å². The van der Waals surface area contributed by atoms with Gasteiger partial charge in [0.1, 0.15) is 0 Å². The Bertz CT molecular complexity index is 146. The fourth-order valence-electron chi connectivity index (χ4n) is 3.41. The lowest BCUT2D eigenvalue weighted by Crippen LogP contribution is -2.03. The van der Waals surface area contributed by atoms with Crippen LogP contribution in [0.5, 0.6) is 0 Å². The number of hydrogen-bond donors (Lipinski definition) is 0. The summed E-state index contributed by atoms with van der Waals surface area (Å²) < 4.78 is 0. The van der Waals surface area contributed by atoms with Gasteiger partial charge in [0.2, 0.25) is 0 Å². The third-order valence-corrected chi connectivity index (χ3v) is 3.50. The van der Waals surface area contributed by atoms with Gasteiger partial charge in [-0.05, 0) is 61.2 Å². The van der Waals surface area contributed by atoms with Crippen molar-refractivity contribution in [3.8, 4) is 0 Å². The third-order valence-electron chi connectivity index (χ3n) is 3.50. The Hall–Kier alpha value is 0. The van der Waals surface area contributed by atoms with Crippen molar-refractivity contribution in [3.63, 3.8) is 0 Å². The highest BCUT2D eigenvalue weighted by Crippen LogP contribution is 2.19. The minimum Gasteiger partial charge on any atom is -0.0776 e. The van der Waals surface area contributed by atoms with Crippen molar-refractivity contribution in [2.75, 3.05) is 0 Å². The van der Waals surface area contributed by atoms with Crippen LogP contribution in [0.3, 0.4) is 0 Å². The van der Waals surface area contributed by atoms with Crippen molar-refractivity contribution < 1.29 is 0 Å². The predicted molar refractivity (Wildman–Crippen MR) is 103 cm³/mol. The third kappa shape index (κ3) is 25.3. The van der Waals surface area contributed by atoms with Gasteiger partial charge in [0.05, 0.1) is 0 Å². The average Bonchev–Trinajstić information content (AvgIpc) is 2.11. The van der Waals surface area contributed by atoms with Gasteiger partial charge in [-0.25, -0.2) is 0 Å². The van der Waals surface area contributed by atoms with Gasteiger partial charge in [-0.2, -0.15) is 0 Å². The molecule has 0 radical (unpaired) electrons. The Morgan fingerprint density at radius 3 is 0.619 bits per heavy atom. The second kappa shape index (κ2) is 14.9. The fraction of sp³-hybridized carbons (Fsp3) is 1.00. The molecule has 0 heterocycles. The van der Waals surface area contributed by atoms with Crippen molar-refractivity contribution in [2.24, 2.45) is 35.5 Å². The maximum atomic E-state index is 2.36. The molecule has 0 amide bonds. The van der Waals surface area contributed by atoms with Gasteiger partial charge >= 0.3 is 0 Å². The average molecular weight is 301 g/mol. The molecule has 0 unspecified atom stereocenters. The molecule has 0 aliphatic carbocycles. The molecule has 0 aliphatic rings. The van der Waals surface area contributed by atoms with Gasteiger partial charge in [0.25, 0.3) is 0 Å². The number of rotatable bonds is 8. The Balaban J connectivity index is -0.000000295.